The molecule has 1 aliphatic heterocycles. The van der Waals surface area contributed by atoms with Crippen LogP contribution in [0, 0.1) is 29.6 Å². The lowest BCUT2D eigenvalue weighted by atomic mass is 9.82. The molecule has 2 aromatic carbocycles. The minimum Gasteiger partial charge on any atom is -0.462 e. The van der Waals surface area contributed by atoms with Gasteiger partial charge in [-0.05, 0) is 73.6 Å². The average molecular weight is 531 g/mol. The Morgan fingerprint density at radius 1 is 0.949 bits per heavy atom. The van der Waals surface area contributed by atoms with Crippen molar-refractivity contribution in [1.29, 1.82) is 0 Å². The summed E-state index contributed by atoms with van der Waals surface area (Å²) in [4.78, 5) is 64.6. The highest BCUT2D eigenvalue weighted by Crippen LogP contribution is 2.55. The number of fused-ring (bicyclic) bond motifs is 5. The molecule has 202 valence electrons. The van der Waals surface area contributed by atoms with Gasteiger partial charge < -0.3 is 14.8 Å². The van der Waals surface area contributed by atoms with E-state index in [-0.39, 0.29) is 47.0 Å². The van der Waals surface area contributed by atoms with Crippen LogP contribution in [0.25, 0.3) is 0 Å². The molecule has 2 aliphatic carbocycles. The van der Waals surface area contributed by atoms with E-state index >= 15 is 0 Å². The Kier molecular flexibility index (Phi) is 7.08. The van der Waals surface area contributed by atoms with E-state index in [1.54, 1.807) is 24.3 Å². The van der Waals surface area contributed by atoms with Crippen LogP contribution in [-0.2, 0) is 23.9 Å². The predicted molar refractivity (Wildman–Crippen MR) is 142 cm³/mol. The van der Waals surface area contributed by atoms with Gasteiger partial charge in [-0.3, -0.25) is 14.4 Å². The van der Waals surface area contributed by atoms with Gasteiger partial charge in [0.2, 0.25) is 11.8 Å². The number of carbonyl (C=O) groups is 5. The standard InChI is InChI=1S/C30H30N2O7/c1-16(2)14-38-29(36)18-7-9-21(10-8-18)31-24(33)15-39-30(37)19-5-4-6-22(12-19)32-27(34)25-20-11-17(3)23(13-20)26(25)28(32)35/h4-12,16,20,23,25-26H,13-15H2,1-3H3,(H,31,33)/t20-,23+,25+,26+/m0/s1. The number of amides is 3. The molecular formula is C30H30N2O7. The molecule has 0 spiro atoms. The van der Waals surface area contributed by atoms with E-state index in [2.05, 4.69) is 11.4 Å². The molecule has 39 heavy (non-hydrogen) atoms. The second kappa shape index (κ2) is 10.5. The number of anilines is 2. The summed E-state index contributed by atoms with van der Waals surface area (Å²) in [7, 11) is 0. The van der Waals surface area contributed by atoms with Gasteiger partial charge in [-0.25, -0.2) is 14.5 Å². The normalized spacial score (nSPS) is 23.1. The highest BCUT2D eigenvalue weighted by molar-refractivity contribution is 6.23. The molecule has 2 aromatic rings. The molecular weight excluding hydrogens is 500 g/mol. The van der Waals surface area contributed by atoms with Crippen LogP contribution < -0.4 is 10.2 Å². The van der Waals surface area contributed by atoms with Gasteiger partial charge in [0.25, 0.3) is 5.91 Å². The van der Waals surface area contributed by atoms with Gasteiger partial charge in [0, 0.05) is 5.69 Å². The quantitative estimate of drug-likeness (QED) is 0.311. The molecule has 1 saturated heterocycles. The Bertz CT molecular complexity index is 1380. The Hall–Kier alpha value is -4.27. The summed E-state index contributed by atoms with van der Waals surface area (Å²) in [5, 5.41) is 2.60. The van der Waals surface area contributed by atoms with Crippen LogP contribution in [0.15, 0.2) is 60.2 Å². The third kappa shape index (κ3) is 5.08. The number of nitrogens with zero attached hydrogens (tertiary/aromatic N) is 1. The maximum atomic E-state index is 13.2. The summed E-state index contributed by atoms with van der Waals surface area (Å²) < 4.78 is 10.3. The van der Waals surface area contributed by atoms with E-state index in [0.717, 1.165) is 6.42 Å². The SMILES string of the molecule is CC1=C[C@H]2C[C@H]1[C@H]1C(=O)N(c3cccc(C(=O)OCC(=O)Nc4ccc(C(=O)OCC(C)C)cc4)c3)C(=O)[C@@H]12. The first-order valence-electron chi connectivity index (χ1n) is 13.0. The molecule has 3 aliphatic rings. The van der Waals surface area contributed by atoms with Gasteiger partial charge in [-0.15, -0.1) is 0 Å². The maximum Gasteiger partial charge on any atom is 0.338 e. The van der Waals surface area contributed by atoms with E-state index < -0.39 is 24.5 Å². The minimum atomic E-state index is -0.757. The third-order valence-corrected chi connectivity index (χ3v) is 7.51. The fraction of sp³-hybridized carbons (Fsp3) is 0.367. The number of esters is 2. The molecule has 2 bridgehead atoms. The lowest BCUT2D eigenvalue weighted by Crippen LogP contribution is -2.33. The third-order valence-electron chi connectivity index (χ3n) is 7.51. The first-order valence-corrected chi connectivity index (χ1v) is 13.0. The monoisotopic (exact) mass is 530 g/mol. The summed E-state index contributed by atoms with van der Waals surface area (Å²) in [6, 6.07) is 12.3. The van der Waals surface area contributed by atoms with Crippen molar-refractivity contribution in [1.82, 2.24) is 0 Å². The predicted octanol–water partition coefficient (Wildman–Crippen LogP) is 4.00. The summed E-state index contributed by atoms with van der Waals surface area (Å²) in [5.41, 5.74) is 2.40. The molecule has 0 aromatic heterocycles. The Morgan fingerprint density at radius 3 is 2.36 bits per heavy atom. The molecule has 9 heteroatoms. The van der Waals surface area contributed by atoms with Crippen molar-refractivity contribution in [2.24, 2.45) is 29.6 Å². The molecule has 1 saturated carbocycles. The van der Waals surface area contributed by atoms with Gasteiger partial charge in [0.1, 0.15) is 0 Å². The van der Waals surface area contributed by atoms with Crippen molar-refractivity contribution in [2.75, 3.05) is 23.4 Å². The highest BCUT2D eigenvalue weighted by atomic mass is 16.5. The molecule has 0 radical (unpaired) electrons. The van der Waals surface area contributed by atoms with Crippen LogP contribution in [0.5, 0.6) is 0 Å². The smallest absolute Gasteiger partial charge is 0.338 e. The summed E-state index contributed by atoms with van der Waals surface area (Å²) >= 11 is 0. The lowest BCUT2D eigenvalue weighted by molar-refractivity contribution is -0.123. The highest BCUT2D eigenvalue weighted by Gasteiger charge is 2.60. The molecule has 5 rings (SSSR count). The number of hydrogen-bond acceptors (Lipinski definition) is 7. The van der Waals surface area contributed by atoms with E-state index in [1.165, 1.54) is 34.7 Å². The van der Waals surface area contributed by atoms with Gasteiger partial charge in [-0.1, -0.05) is 31.6 Å². The summed E-state index contributed by atoms with van der Waals surface area (Å²) in [6.45, 7) is 5.66. The second-order valence-corrected chi connectivity index (χ2v) is 10.7. The molecule has 0 unspecified atom stereocenters. The molecule has 3 amide bonds. The number of benzene rings is 2. The molecule has 2 fully saturated rings. The number of hydrogen-bond donors (Lipinski definition) is 1. The summed E-state index contributed by atoms with van der Waals surface area (Å²) in [5.74, 6) is -2.50. The Labute approximate surface area is 226 Å². The first kappa shape index (κ1) is 26.3. The van der Waals surface area contributed by atoms with Crippen LogP contribution in [0.2, 0.25) is 0 Å². The van der Waals surface area contributed by atoms with Crippen molar-refractivity contribution < 1.29 is 33.4 Å². The number of imide groups is 1. The topological polar surface area (TPSA) is 119 Å². The van der Waals surface area contributed by atoms with E-state index in [0.29, 0.717) is 23.5 Å². The largest absolute Gasteiger partial charge is 0.462 e. The van der Waals surface area contributed by atoms with Gasteiger partial charge in [-0.2, -0.15) is 0 Å². The molecule has 1 N–H and O–H groups in total. The van der Waals surface area contributed by atoms with Crippen molar-refractivity contribution in [3.63, 3.8) is 0 Å². The zero-order chi connectivity index (χ0) is 27.8. The second-order valence-electron chi connectivity index (χ2n) is 10.7. The summed E-state index contributed by atoms with van der Waals surface area (Å²) in [6.07, 6.45) is 2.95. The molecule has 4 atom stereocenters. The van der Waals surface area contributed by atoms with Crippen molar-refractivity contribution >= 4 is 41.0 Å². The number of rotatable bonds is 8. The number of nitrogens with one attached hydrogen (secondary N) is 1. The van der Waals surface area contributed by atoms with Crippen LogP contribution in [0.3, 0.4) is 0 Å². The maximum absolute atomic E-state index is 13.2. The molecule has 9 nitrogen and oxygen atoms in total. The van der Waals surface area contributed by atoms with E-state index in [1.807, 2.05) is 20.8 Å². The molecule has 1 heterocycles. The first-order chi connectivity index (χ1) is 18.6. The number of carbonyl (C=O) groups excluding carboxylic acids is 5. The lowest BCUT2D eigenvalue weighted by Gasteiger charge is -2.19. The van der Waals surface area contributed by atoms with Crippen LogP contribution in [0.4, 0.5) is 11.4 Å². The number of ether oxygens (including phenoxy) is 2. The Balaban J connectivity index is 1.16. The zero-order valence-corrected chi connectivity index (χ0v) is 22.0. The number of allylic oxidation sites excluding steroid dienone is 2. The Morgan fingerprint density at radius 2 is 1.64 bits per heavy atom. The van der Waals surface area contributed by atoms with Gasteiger partial charge >= 0.3 is 11.9 Å². The average Bonchev–Trinajstić information content (AvgIpc) is 3.56. The minimum absolute atomic E-state index is 0.0861. The fourth-order valence-corrected chi connectivity index (χ4v) is 5.73. The van der Waals surface area contributed by atoms with Gasteiger partial charge in [0.15, 0.2) is 6.61 Å². The van der Waals surface area contributed by atoms with Crippen LogP contribution in [-0.4, -0.2) is 42.9 Å². The van der Waals surface area contributed by atoms with Gasteiger partial charge in [0.05, 0.1) is 35.3 Å². The fourth-order valence-electron chi connectivity index (χ4n) is 5.73. The van der Waals surface area contributed by atoms with Crippen molar-refractivity contribution in [3.8, 4) is 0 Å². The van der Waals surface area contributed by atoms with Crippen molar-refractivity contribution in [2.45, 2.75) is 27.2 Å². The van der Waals surface area contributed by atoms with Crippen molar-refractivity contribution in [3.05, 3.63) is 71.3 Å². The van der Waals surface area contributed by atoms with E-state index in [9.17, 15) is 24.0 Å². The van der Waals surface area contributed by atoms with E-state index in [4.69, 9.17) is 9.47 Å². The van der Waals surface area contributed by atoms with Crippen LogP contribution >= 0.6 is 0 Å². The van der Waals surface area contributed by atoms with Crippen LogP contribution in [0.1, 0.15) is 47.9 Å². The zero-order valence-electron chi connectivity index (χ0n) is 22.0.